The van der Waals surface area contributed by atoms with E-state index in [1.54, 1.807) is 97.1 Å². The molecule has 4 aromatic rings. The van der Waals surface area contributed by atoms with Crippen molar-refractivity contribution in [1.82, 2.24) is 0 Å². The van der Waals surface area contributed by atoms with Gasteiger partial charge in [-0.05, 0) is 73.7 Å². The lowest BCUT2D eigenvalue weighted by Crippen LogP contribution is -2.08. The summed E-state index contributed by atoms with van der Waals surface area (Å²) in [7, 11) is -8.35. The van der Waals surface area contributed by atoms with Crippen LogP contribution in [0.25, 0.3) is 0 Å². The molecule has 0 fully saturated rings. The molecular weight excluding hydrogens is 562 g/mol. The normalized spacial score (nSPS) is 13.2. The van der Waals surface area contributed by atoms with Gasteiger partial charge in [0.2, 0.25) is 0 Å². The predicted octanol–water partition coefficient (Wildman–Crippen LogP) is 9.78. The van der Waals surface area contributed by atoms with Crippen LogP contribution in [0, 0.1) is 0 Å². The Labute approximate surface area is 240 Å². The highest BCUT2D eigenvalue weighted by Crippen LogP contribution is 2.53. The first-order valence-electron chi connectivity index (χ1n) is 12.8. The number of phosphoric ester groups is 2. The van der Waals surface area contributed by atoms with Gasteiger partial charge in [-0.25, -0.2) is 0 Å². The molecule has 0 aliphatic heterocycles. The Morgan fingerprint density at radius 3 is 1.24 bits per heavy atom. The van der Waals surface area contributed by atoms with E-state index in [-0.39, 0.29) is 11.5 Å². The van der Waals surface area contributed by atoms with E-state index in [2.05, 4.69) is 0 Å². The summed E-state index contributed by atoms with van der Waals surface area (Å²) >= 11 is 0. The van der Waals surface area contributed by atoms with Gasteiger partial charge in [-0.2, -0.15) is 9.13 Å². The Bertz CT molecular complexity index is 1480. The van der Waals surface area contributed by atoms with Crippen molar-refractivity contribution < 1.29 is 36.3 Å². The van der Waals surface area contributed by atoms with Crippen LogP contribution in [0.5, 0.6) is 28.7 Å². The lowest BCUT2D eigenvalue weighted by atomic mass is 10.3. The molecule has 212 valence electrons. The second-order valence-corrected chi connectivity index (χ2v) is 11.2. The minimum Gasteiger partial charge on any atom is -0.390 e. The third-order valence-corrected chi connectivity index (χ3v) is 7.82. The SMILES string of the molecule is CC=CC=C(CC)OP(=O)(Oc1ccccc1)Oc1ccc(OP(=O)(Oc2ccccc2)Oc2ccccc2)cc1. The molecule has 0 saturated heterocycles. The minimum absolute atomic E-state index is 0.162. The summed E-state index contributed by atoms with van der Waals surface area (Å²) in [4.78, 5) is 0. The molecule has 4 aromatic carbocycles. The molecule has 41 heavy (non-hydrogen) atoms. The van der Waals surface area contributed by atoms with Crippen molar-refractivity contribution in [3.05, 3.63) is 139 Å². The van der Waals surface area contributed by atoms with Gasteiger partial charge in [0.05, 0.1) is 0 Å². The number of hydrogen-bond acceptors (Lipinski definition) is 8. The lowest BCUT2D eigenvalue weighted by Gasteiger charge is -2.21. The first kappa shape index (κ1) is 29.6. The smallest absolute Gasteiger partial charge is 0.390 e. The van der Waals surface area contributed by atoms with Crippen molar-refractivity contribution in [1.29, 1.82) is 0 Å². The molecule has 1 atom stereocenters. The molecule has 0 radical (unpaired) electrons. The highest BCUT2D eigenvalue weighted by Gasteiger charge is 2.35. The third-order valence-electron chi connectivity index (χ3n) is 5.19. The quantitative estimate of drug-likeness (QED) is 0.0812. The van der Waals surface area contributed by atoms with Crippen molar-refractivity contribution in [2.24, 2.45) is 0 Å². The molecule has 10 heteroatoms. The molecule has 0 N–H and O–H groups in total. The fraction of sp³-hybridized carbons (Fsp3) is 0.0968. The summed E-state index contributed by atoms with van der Waals surface area (Å²) in [5.41, 5.74) is 0. The van der Waals surface area contributed by atoms with Crippen LogP contribution in [0.2, 0.25) is 0 Å². The number of hydrogen-bond donors (Lipinski definition) is 0. The minimum atomic E-state index is -4.18. The highest BCUT2D eigenvalue weighted by atomic mass is 31.2. The van der Waals surface area contributed by atoms with Crippen molar-refractivity contribution in [3.8, 4) is 28.7 Å². The van der Waals surface area contributed by atoms with Crippen LogP contribution >= 0.6 is 15.6 Å². The number of allylic oxidation sites excluding steroid dienone is 4. The Hall–Kier alpha value is -4.38. The number of rotatable bonds is 14. The van der Waals surface area contributed by atoms with Crippen LogP contribution in [0.1, 0.15) is 20.3 Å². The molecule has 1 unspecified atom stereocenters. The first-order valence-corrected chi connectivity index (χ1v) is 15.8. The molecule has 8 nitrogen and oxygen atoms in total. The van der Waals surface area contributed by atoms with Gasteiger partial charge in [0, 0.05) is 6.42 Å². The van der Waals surface area contributed by atoms with Gasteiger partial charge >= 0.3 is 15.6 Å². The summed E-state index contributed by atoms with van der Waals surface area (Å²) in [6.07, 6.45) is 5.74. The molecule has 0 aliphatic carbocycles. The molecule has 0 amide bonds. The summed E-state index contributed by atoms with van der Waals surface area (Å²) in [5, 5.41) is 0. The van der Waals surface area contributed by atoms with Crippen LogP contribution in [0.4, 0.5) is 0 Å². The van der Waals surface area contributed by atoms with Gasteiger partial charge in [0.25, 0.3) is 0 Å². The van der Waals surface area contributed by atoms with Gasteiger partial charge in [0.15, 0.2) is 0 Å². The average molecular weight is 593 g/mol. The average Bonchev–Trinajstić information content (AvgIpc) is 2.97. The molecular formula is C31H30O8P2. The van der Waals surface area contributed by atoms with Crippen LogP contribution in [0.3, 0.4) is 0 Å². The van der Waals surface area contributed by atoms with Crippen molar-refractivity contribution in [2.45, 2.75) is 20.3 Å². The lowest BCUT2D eigenvalue weighted by molar-refractivity contribution is 0.252. The second-order valence-electron chi connectivity index (χ2n) is 8.37. The Morgan fingerprint density at radius 2 is 0.902 bits per heavy atom. The van der Waals surface area contributed by atoms with Gasteiger partial charge in [-0.15, -0.1) is 0 Å². The maximum Gasteiger partial charge on any atom is 0.647 e. The molecule has 0 aromatic heterocycles. The van der Waals surface area contributed by atoms with Crippen molar-refractivity contribution in [2.75, 3.05) is 0 Å². The largest absolute Gasteiger partial charge is 0.647 e. The van der Waals surface area contributed by atoms with Crippen LogP contribution in [0.15, 0.2) is 139 Å². The van der Waals surface area contributed by atoms with E-state index in [1.165, 1.54) is 24.3 Å². The van der Waals surface area contributed by atoms with E-state index >= 15 is 0 Å². The zero-order valence-electron chi connectivity index (χ0n) is 22.6. The summed E-state index contributed by atoms with van der Waals surface area (Å²) in [6.45, 7) is 3.72. The number of phosphoric acid groups is 2. The van der Waals surface area contributed by atoms with Crippen molar-refractivity contribution >= 4 is 15.6 Å². The molecule has 0 heterocycles. The van der Waals surface area contributed by atoms with E-state index in [0.29, 0.717) is 29.4 Å². The van der Waals surface area contributed by atoms with Gasteiger partial charge in [-0.1, -0.05) is 73.7 Å². The summed E-state index contributed by atoms with van der Waals surface area (Å²) in [6, 6.07) is 31.6. The van der Waals surface area contributed by atoms with E-state index < -0.39 is 15.6 Å². The molecule has 0 spiro atoms. The summed E-state index contributed by atoms with van der Waals surface area (Å²) in [5.74, 6) is 1.67. The number of para-hydroxylation sites is 3. The summed E-state index contributed by atoms with van der Waals surface area (Å²) < 4.78 is 61.7. The van der Waals surface area contributed by atoms with E-state index in [9.17, 15) is 9.13 Å². The Balaban J connectivity index is 1.55. The topological polar surface area (TPSA) is 89.5 Å². The van der Waals surface area contributed by atoms with E-state index in [0.717, 1.165) is 0 Å². The molecule has 0 aliphatic rings. The fourth-order valence-corrected chi connectivity index (χ4v) is 5.92. The maximum atomic E-state index is 13.8. The maximum absolute atomic E-state index is 13.8. The third kappa shape index (κ3) is 9.35. The van der Waals surface area contributed by atoms with Crippen LogP contribution in [-0.2, 0) is 13.7 Å². The van der Waals surface area contributed by atoms with Crippen molar-refractivity contribution in [3.63, 3.8) is 0 Å². The Morgan fingerprint density at radius 1 is 0.561 bits per heavy atom. The van der Waals surface area contributed by atoms with E-state index in [1.807, 2.05) is 26.0 Å². The standard InChI is InChI=1S/C31H30O8P2/c1-3-5-15-26(4-2)34-40(32,35-27-16-9-6-10-17-27)38-30-22-24-31(25-23-30)39-41(33,36-28-18-11-7-12-19-28)37-29-20-13-8-14-21-29/h3,5-25H,4H2,1-2H3. The first-order chi connectivity index (χ1) is 19.9. The van der Waals surface area contributed by atoms with E-state index in [4.69, 9.17) is 27.1 Å². The molecule has 0 bridgehead atoms. The van der Waals surface area contributed by atoms with Gasteiger partial charge in [-0.3, -0.25) is 0 Å². The van der Waals surface area contributed by atoms with Crippen LogP contribution < -0.4 is 22.6 Å². The zero-order chi connectivity index (χ0) is 29.0. The zero-order valence-corrected chi connectivity index (χ0v) is 24.4. The Kier molecular flexibility index (Phi) is 10.3. The highest BCUT2D eigenvalue weighted by molar-refractivity contribution is 7.50. The van der Waals surface area contributed by atoms with Crippen LogP contribution in [-0.4, -0.2) is 0 Å². The van der Waals surface area contributed by atoms with Gasteiger partial charge in [0.1, 0.15) is 34.5 Å². The predicted molar refractivity (Wildman–Crippen MR) is 158 cm³/mol. The second kappa shape index (κ2) is 14.3. The fourth-order valence-electron chi connectivity index (χ4n) is 3.32. The monoisotopic (exact) mass is 592 g/mol. The van der Waals surface area contributed by atoms with Gasteiger partial charge < -0.3 is 27.1 Å². The molecule has 4 rings (SSSR count). The number of benzene rings is 4. The molecule has 0 saturated carbocycles.